The van der Waals surface area contributed by atoms with Gasteiger partial charge in [-0.3, -0.25) is 4.79 Å². The normalized spacial score (nSPS) is 12.7. The molecule has 1 amide bonds. The van der Waals surface area contributed by atoms with E-state index in [0.717, 1.165) is 5.56 Å². The smallest absolute Gasteiger partial charge is 0.342 e. The lowest BCUT2D eigenvalue weighted by molar-refractivity contribution is -0.130. The number of rotatable bonds is 3. The summed E-state index contributed by atoms with van der Waals surface area (Å²) in [5, 5.41) is 12.4. The highest BCUT2D eigenvalue weighted by Gasteiger charge is 2.24. The zero-order valence-corrected chi connectivity index (χ0v) is 12.5. The Bertz CT molecular complexity index is 517. The molecule has 0 aromatic heterocycles. The van der Waals surface area contributed by atoms with Gasteiger partial charge in [0.05, 0.1) is 0 Å². The minimum atomic E-state index is -0.929. The first-order valence-corrected chi connectivity index (χ1v) is 6.43. The van der Waals surface area contributed by atoms with E-state index in [0.29, 0.717) is 0 Å². The van der Waals surface area contributed by atoms with E-state index in [2.05, 4.69) is 5.32 Å². The zero-order valence-electron chi connectivity index (χ0n) is 12.5. The molecular weight excluding hydrogens is 258 g/mol. The molecule has 0 radical (unpaired) electrons. The number of amides is 1. The number of hydrogen-bond acceptors (Lipinski definition) is 4. The Kier molecular flexibility index (Phi) is 4.76. The standard InChI is InChI=1S/C15H21NO4/c1-9-6-7-12(17)11(8-9)14(19)20-10(2)13(18)16-15(3,4)5/h6-8,10,17H,1-5H3,(H,16,18)/t10-/m0/s1. The average Bonchev–Trinajstić information content (AvgIpc) is 2.29. The fourth-order valence-electron chi connectivity index (χ4n) is 1.56. The third kappa shape index (κ3) is 4.57. The van der Waals surface area contributed by atoms with Gasteiger partial charge in [-0.15, -0.1) is 0 Å². The maximum Gasteiger partial charge on any atom is 0.342 e. The predicted molar refractivity (Wildman–Crippen MR) is 75.6 cm³/mol. The van der Waals surface area contributed by atoms with Gasteiger partial charge < -0.3 is 15.2 Å². The van der Waals surface area contributed by atoms with Crippen molar-refractivity contribution in [1.29, 1.82) is 0 Å². The van der Waals surface area contributed by atoms with Crippen LogP contribution in [0, 0.1) is 6.92 Å². The molecule has 20 heavy (non-hydrogen) atoms. The number of aromatic hydroxyl groups is 1. The van der Waals surface area contributed by atoms with Gasteiger partial charge in [-0.05, 0) is 46.8 Å². The summed E-state index contributed by atoms with van der Waals surface area (Å²) < 4.78 is 5.07. The maximum atomic E-state index is 11.9. The van der Waals surface area contributed by atoms with Gasteiger partial charge in [-0.2, -0.15) is 0 Å². The minimum absolute atomic E-state index is 0.0559. The van der Waals surface area contributed by atoms with Crippen molar-refractivity contribution >= 4 is 11.9 Å². The van der Waals surface area contributed by atoms with Crippen LogP contribution in [0.1, 0.15) is 43.6 Å². The van der Waals surface area contributed by atoms with Gasteiger partial charge in [-0.25, -0.2) is 4.79 Å². The second-order valence-corrected chi connectivity index (χ2v) is 5.81. The molecule has 1 aromatic carbocycles. The van der Waals surface area contributed by atoms with Gasteiger partial charge in [0.1, 0.15) is 11.3 Å². The van der Waals surface area contributed by atoms with E-state index in [1.807, 2.05) is 20.8 Å². The summed E-state index contributed by atoms with van der Waals surface area (Å²) in [6, 6.07) is 4.62. The molecule has 2 N–H and O–H groups in total. The number of benzene rings is 1. The number of esters is 1. The molecular formula is C15H21NO4. The average molecular weight is 279 g/mol. The molecule has 1 rings (SSSR count). The number of phenolic OH excluding ortho intramolecular Hbond substituents is 1. The molecule has 0 aliphatic carbocycles. The lowest BCUT2D eigenvalue weighted by Gasteiger charge is -2.23. The Morgan fingerprint density at radius 3 is 2.45 bits per heavy atom. The Hall–Kier alpha value is -2.04. The summed E-state index contributed by atoms with van der Waals surface area (Å²) >= 11 is 0. The summed E-state index contributed by atoms with van der Waals surface area (Å²) in [6.07, 6.45) is -0.929. The fourth-order valence-corrected chi connectivity index (χ4v) is 1.56. The van der Waals surface area contributed by atoms with E-state index >= 15 is 0 Å². The van der Waals surface area contributed by atoms with Crippen molar-refractivity contribution < 1.29 is 19.4 Å². The van der Waals surface area contributed by atoms with Crippen LogP contribution in [-0.2, 0) is 9.53 Å². The highest BCUT2D eigenvalue weighted by Crippen LogP contribution is 2.19. The van der Waals surface area contributed by atoms with Crippen LogP contribution in [-0.4, -0.2) is 28.6 Å². The monoisotopic (exact) mass is 279 g/mol. The number of ether oxygens (including phenoxy) is 1. The van der Waals surface area contributed by atoms with Crippen molar-refractivity contribution in [3.05, 3.63) is 29.3 Å². The molecule has 110 valence electrons. The topological polar surface area (TPSA) is 75.6 Å². The summed E-state index contributed by atoms with van der Waals surface area (Å²) in [5.41, 5.74) is 0.477. The highest BCUT2D eigenvalue weighted by molar-refractivity contribution is 5.94. The van der Waals surface area contributed by atoms with Crippen LogP contribution < -0.4 is 5.32 Å². The summed E-state index contributed by atoms with van der Waals surface area (Å²) in [7, 11) is 0. The van der Waals surface area contributed by atoms with Crippen LogP contribution in [0.4, 0.5) is 0 Å². The van der Waals surface area contributed by atoms with Gasteiger partial charge in [-0.1, -0.05) is 11.6 Å². The SMILES string of the molecule is Cc1ccc(O)c(C(=O)O[C@@H](C)C(=O)NC(C)(C)C)c1. The Morgan fingerprint density at radius 1 is 1.30 bits per heavy atom. The lowest BCUT2D eigenvalue weighted by Crippen LogP contribution is -2.46. The number of aryl methyl sites for hydroxylation is 1. The van der Waals surface area contributed by atoms with Crippen LogP contribution in [0.3, 0.4) is 0 Å². The van der Waals surface area contributed by atoms with E-state index in [9.17, 15) is 14.7 Å². The highest BCUT2D eigenvalue weighted by atomic mass is 16.5. The summed E-state index contributed by atoms with van der Waals surface area (Å²) in [5.74, 6) is -1.26. The van der Waals surface area contributed by atoms with Crippen LogP contribution in [0.15, 0.2) is 18.2 Å². The molecule has 0 bridgehead atoms. The summed E-state index contributed by atoms with van der Waals surface area (Å²) in [6.45, 7) is 8.81. The molecule has 0 saturated heterocycles. The largest absolute Gasteiger partial charge is 0.507 e. The fraction of sp³-hybridized carbons (Fsp3) is 0.467. The van der Waals surface area contributed by atoms with Crippen molar-refractivity contribution in [3.63, 3.8) is 0 Å². The first kappa shape index (κ1) is 16.0. The first-order chi connectivity index (χ1) is 9.10. The number of carbonyl (C=O) groups excluding carboxylic acids is 2. The quantitative estimate of drug-likeness (QED) is 0.831. The molecule has 1 aromatic rings. The van der Waals surface area contributed by atoms with Crippen molar-refractivity contribution in [2.75, 3.05) is 0 Å². The van der Waals surface area contributed by atoms with E-state index in [1.165, 1.54) is 19.1 Å². The van der Waals surface area contributed by atoms with Gasteiger partial charge in [0.25, 0.3) is 5.91 Å². The van der Waals surface area contributed by atoms with Gasteiger partial charge in [0, 0.05) is 5.54 Å². The minimum Gasteiger partial charge on any atom is -0.507 e. The van der Waals surface area contributed by atoms with Crippen LogP contribution >= 0.6 is 0 Å². The molecule has 0 saturated carbocycles. The van der Waals surface area contributed by atoms with E-state index in [-0.39, 0.29) is 17.2 Å². The first-order valence-electron chi connectivity index (χ1n) is 6.43. The third-order valence-electron chi connectivity index (χ3n) is 2.52. The van der Waals surface area contributed by atoms with E-state index in [4.69, 9.17) is 4.74 Å². The van der Waals surface area contributed by atoms with Crippen LogP contribution in [0.2, 0.25) is 0 Å². The Morgan fingerprint density at radius 2 is 1.90 bits per heavy atom. The summed E-state index contributed by atoms with van der Waals surface area (Å²) in [4.78, 5) is 23.8. The molecule has 5 heteroatoms. The maximum absolute atomic E-state index is 11.9. The zero-order chi connectivity index (χ0) is 15.5. The Labute approximate surface area is 118 Å². The molecule has 0 fully saturated rings. The van der Waals surface area contributed by atoms with Crippen molar-refractivity contribution in [2.24, 2.45) is 0 Å². The second kappa shape index (κ2) is 5.94. The number of phenols is 1. The Balaban J connectivity index is 2.75. The van der Waals surface area contributed by atoms with Crippen molar-refractivity contribution in [2.45, 2.75) is 46.3 Å². The van der Waals surface area contributed by atoms with Crippen LogP contribution in [0.25, 0.3) is 0 Å². The molecule has 0 spiro atoms. The number of nitrogens with one attached hydrogen (secondary N) is 1. The molecule has 0 aliphatic rings. The number of hydrogen-bond donors (Lipinski definition) is 2. The van der Waals surface area contributed by atoms with Crippen LogP contribution in [0.5, 0.6) is 5.75 Å². The molecule has 5 nitrogen and oxygen atoms in total. The van der Waals surface area contributed by atoms with E-state index in [1.54, 1.807) is 13.0 Å². The van der Waals surface area contributed by atoms with Gasteiger partial charge in [0.2, 0.25) is 0 Å². The number of carbonyl (C=O) groups is 2. The second-order valence-electron chi connectivity index (χ2n) is 5.81. The van der Waals surface area contributed by atoms with Gasteiger partial charge in [0.15, 0.2) is 6.10 Å². The predicted octanol–water partition coefficient (Wildman–Crippen LogP) is 2.16. The third-order valence-corrected chi connectivity index (χ3v) is 2.52. The molecule has 0 unspecified atom stereocenters. The van der Waals surface area contributed by atoms with Gasteiger partial charge >= 0.3 is 5.97 Å². The van der Waals surface area contributed by atoms with Crippen molar-refractivity contribution in [3.8, 4) is 5.75 Å². The lowest BCUT2D eigenvalue weighted by atomic mass is 10.1. The molecule has 1 atom stereocenters. The van der Waals surface area contributed by atoms with E-state index < -0.39 is 17.6 Å². The molecule has 0 aliphatic heterocycles. The van der Waals surface area contributed by atoms with Crippen molar-refractivity contribution in [1.82, 2.24) is 5.32 Å². The molecule has 0 heterocycles.